The molecule has 0 spiro atoms. The summed E-state index contributed by atoms with van der Waals surface area (Å²) < 4.78 is 42.7. The fourth-order valence-electron chi connectivity index (χ4n) is 3.81. The zero-order valence-electron chi connectivity index (χ0n) is 18.4. The maximum atomic E-state index is 14.3. The quantitative estimate of drug-likeness (QED) is 0.431. The summed E-state index contributed by atoms with van der Waals surface area (Å²) in [5.74, 6) is -1.40. The Bertz CT molecular complexity index is 1350. The van der Waals surface area contributed by atoms with Crippen LogP contribution in [0.25, 0.3) is 0 Å². The fraction of sp³-hybridized carbons (Fsp3) is 0.261. The van der Waals surface area contributed by atoms with Crippen LogP contribution >= 0.6 is 0 Å². The van der Waals surface area contributed by atoms with Crippen molar-refractivity contribution in [3.05, 3.63) is 71.2 Å². The third-order valence-electron chi connectivity index (χ3n) is 5.37. The maximum Gasteiger partial charge on any atom is 0.343 e. The smallest absolute Gasteiger partial charge is 0.343 e. The number of aromatic nitrogens is 2. The van der Waals surface area contributed by atoms with Gasteiger partial charge in [0.1, 0.15) is 22.1 Å². The van der Waals surface area contributed by atoms with E-state index in [-0.39, 0.29) is 29.6 Å². The molecule has 4 rings (SSSR count). The van der Waals surface area contributed by atoms with E-state index in [1.165, 1.54) is 12.3 Å². The molecule has 1 heterocycles. The molecule has 11 heteroatoms. The van der Waals surface area contributed by atoms with E-state index in [9.17, 15) is 22.7 Å². The Labute approximate surface area is 195 Å². The van der Waals surface area contributed by atoms with Crippen molar-refractivity contribution in [2.75, 3.05) is 23.5 Å². The Kier molecular flexibility index (Phi) is 6.49. The summed E-state index contributed by atoms with van der Waals surface area (Å²) in [6.07, 6.45) is 1.90. The van der Waals surface area contributed by atoms with Crippen LogP contribution in [-0.4, -0.2) is 48.4 Å². The first kappa shape index (κ1) is 23.6. The molecule has 0 aliphatic heterocycles. The number of anilines is 3. The maximum absolute atomic E-state index is 14.3. The van der Waals surface area contributed by atoms with Crippen LogP contribution in [0.2, 0.25) is 0 Å². The van der Waals surface area contributed by atoms with E-state index in [0.717, 1.165) is 29.5 Å². The molecule has 0 bridgehead atoms. The number of nitrogens with zero attached hydrogens (tertiary/aromatic N) is 2. The van der Waals surface area contributed by atoms with E-state index in [2.05, 4.69) is 20.6 Å². The molecule has 34 heavy (non-hydrogen) atoms. The van der Waals surface area contributed by atoms with E-state index < -0.39 is 38.7 Å². The molecule has 1 aliphatic rings. The minimum absolute atomic E-state index is 0.0304. The van der Waals surface area contributed by atoms with E-state index in [4.69, 9.17) is 4.74 Å². The van der Waals surface area contributed by atoms with Crippen molar-refractivity contribution < 1.29 is 27.4 Å². The lowest BCUT2D eigenvalue weighted by Crippen LogP contribution is -2.23. The number of hydrogen-bond donors (Lipinski definition) is 3. The second-order valence-corrected chi connectivity index (χ2v) is 9.80. The van der Waals surface area contributed by atoms with Crippen LogP contribution in [-0.2, 0) is 21.0 Å². The molecule has 3 N–H and O–H groups in total. The molecule has 0 amide bonds. The summed E-state index contributed by atoms with van der Waals surface area (Å²) in [4.78, 5) is 20.5. The number of carbonyl (C=O) groups excluding carboxylic acids is 1. The number of nitrogens with one attached hydrogen (secondary N) is 2. The molecule has 9 nitrogen and oxygen atoms in total. The normalized spacial score (nSPS) is 17.2. The number of aliphatic hydroxyl groups is 1. The number of ether oxygens (including phenoxy) is 1. The number of hydrogen-bond acceptors (Lipinski definition) is 9. The molecule has 3 aromatic rings. The molecular weight excluding hydrogens is 463 g/mol. The third-order valence-corrected chi connectivity index (χ3v) is 6.50. The number of aliphatic hydroxyl groups excluding tert-OH is 1. The summed E-state index contributed by atoms with van der Waals surface area (Å²) in [7, 11) is -3.71. The lowest BCUT2D eigenvalue weighted by atomic mass is 10.1. The molecule has 2 aromatic carbocycles. The molecule has 1 aromatic heterocycles. The van der Waals surface area contributed by atoms with E-state index >= 15 is 0 Å². The van der Waals surface area contributed by atoms with Crippen LogP contribution in [0.15, 0.2) is 53.6 Å². The zero-order valence-corrected chi connectivity index (χ0v) is 19.3. The number of sulfone groups is 1. The van der Waals surface area contributed by atoms with Gasteiger partial charge in [-0.05, 0) is 36.2 Å². The fourth-order valence-corrected chi connectivity index (χ4v) is 4.54. The number of carbonyl (C=O) groups is 1. The van der Waals surface area contributed by atoms with Gasteiger partial charge in [-0.2, -0.15) is 4.98 Å². The van der Waals surface area contributed by atoms with Crippen molar-refractivity contribution in [1.29, 1.82) is 0 Å². The SMILES string of the molecule is CCOC(=O)c1cnc(Nc2ccc(S(C)(=O)=O)c(F)c2)nc1N[C@H]1c2ccccc2C[C@H]1O. The van der Waals surface area contributed by atoms with Gasteiger partial charge in [0, 0.05) is 24.6 Å². The van der Waals surface area contributed by atoms with Gasteiger partial charge in [-0.1, -0.05) is 24.3 Å². The van der Waals surface area contributed by atoms with Gasteiger partial charge in [0.05, 0.1) is 18.8 Å². The Balaban J connectivity index is 1.67. The number of benzene rings is 2. The van der Waals surface area contributed by atoms with Crippen LogP contribution in [0.5, 0.6) is 0 Å². The van der Waals surface area contributed by atoms with Crippen molar-refractivity contribution in [3.63, 3.8) is 0 Å². The van der Waals surface area contributed by atoms with Gasteiger partial charge in [0.15, 0.2) is 9.84 Å². The summed E-state index contributed by atoms with van der Waals surface area (Å²) in [5.41, 5.74) is 2.16. The van der Waals surface area contributed by atoms with Crippen LogP contribution in [0, 0.1) is 5.82 Å². The Morgan fingerprint density at radius 1 is 1.26 bits per heavy atom. The van der Waals surface area contributed by atoms with Gasteiger partial charge in [-0.3, -0.25) is 0 Å². The predicted molar refractivity (Wildman–Crippen MR) is 123 cm³/mol. The minimum Gasteiger partial charge on any atom is -0.462 e. The highest BCUT2D eigenvalue weighted by Crippen LogP contribution is 2.35. The first-order valence-corrected chi connectivity index (χ1v) is 12.4. The van der Waals surface area contributed by atoms with Crippen molar-refractivity contribution in [2.45, 2.75) is 30.4 Å². The molecule has 0 radical (unpaired) electrons. The molecular formula is C23H23FN4O5S. The second kappa shape index (κ2) is 9.35. The number of rotatable bonds is 7. The largest absolute Gasteiger partial charge is 0.462 e. The van der Waals surface area contributed by atoms with Gasteiger partial charge in [0.25, 0.3) is 0 Å². The van der Waals surface area contributed by atoms with Crippen LogP contribution in [0.1, 0.15) is 34.5 Å². The average Bonchev–Trinajstić information content (AvgIpc) is 3.08. The van der Waals surface area contributed by atoms with Crippen LogP contribution in [0.3, 0.4) is 0 Å². The zero-order chi connectivity index (χ0) is 24.5. The summed E-state index contributed by atoms with van der Waals surface area (Å²) >= 11 is 0. The average molecular weight is 487 g/mol. The minimum atomic E-state index is -3.71. The molecule has 0 fully saturated rings. The van der Waals surface area contributed by atoms with E-state index in [1.54, 1.807) is 6.92 Å². The topological polar surface area (TPSA) is 131 Å². The molecule has 0 saturated carbocycles. The van der Waals surface area contributed by atoms with Gasteiger partial charge in [-0.15, -0.1) is 0 Å². The first-order valence-electron chi connectivity index (χ1n) is 10.5. The second-order valence-electron chi connectivity index (χ2n) is 7.81. The highest BCUT2D eigenvalue weighted by atomic mass is 32.2. The first-order chi connectivity index (χ1) is 16.2. The Hall–Kier alpha value is -3.57. The Morgan fingerprint density at radius 3 is 2.74 bits per heavy atom. The monoisotopic (exact) mass is 486 g/mol. The van der Waals surface area contributed by atoms with Gasteiger partial charge in [0.2, 0.25) is 5.95 Å². The van der Waals surface area contributed by atoms with Gasteiger partial charge in [-0.25, -0.2) is 22.6 Å². The standard InChI is InChI=1S/C23H23FN4O5S/c1-3-33-22(30)16-12-25-23(26-14-8-9-19(17(24)11-14)34(2,31)32)28-21(16)27-20-15-7-5-4-6-13(15)10-18(20)29/h4-9,11-12,18,20,29H,3,10H2,1-2H3,(H2,25,26,27,28)/t18-,20+/m1/s1. The molecule has 0 unspecified atom stereocenters. The molecule has 2 atom stereocenters. The van der Waals surface area contributed by atoms with Crippen molar-refractivity contribution in [3.8, 4) is 0 Å². The summed E-state index contributed by atoms with van der Waals surface area (Å²) in [5, 5.41) is 16.5. The molecule has 1 aliphatic carbocycles. The lowest BCUT2D eigenvalue weighted by Gasteiger charge is -2.20. The van der Waals surface area contributed by atoms with Crippen molar-refractivity contribution in [1.82, 2.24) is 9.97 Å². The number of halogens is 1. The summed E-state index contributed by atoms with van der Waals surface area (Å²) in [6, 6.07) is 10.6. The predicted octanol–water partition coefficient (Wildman–Crippen LogP) is 3.01. The number of esters is 1. The highest BCUT2D eigenvalue weighted by Gasteiger charge is 2.32. The van der Waals surface area contributed by atoms with Crippen LogP contribution in [0.4, 0.5) is 21.8 Å². The highest BCUT2D eigenvalue weighted by molar-refractivity contribution is 7.90. The Morgan fingerprint density at radius 2 is 2.03 bits per heavy atom. The third kappa shape index (κ3) is 4.85. The van der Waals surface area contributed by atoms with Crippen molar-refractivity contribution >= 4 is 33.3 Å². The molecule has 178 valence electrons. The van der Waals surface area contributed by atoms with Gasteiger partial charge < -0.3 is 20.5 Å². The summed E-state index contributed by atoms with van der Waals surface area (Å²) in [6.45, 7) is 1.83. The van der Waals surface area contributed by atoms with E-state index in [1.807, 2.05) is 24.3 Å². The molecule has 0 saturated heterocycles. The van der Waals surface area contributed by atoms with Gasteiger partial charge >= 0.3 is 5.97 Å². The van der Waals surface area contributed by atoms with Crippen LogP contribution < -0.4 is 10.6 Å². The van der Waals surface area contributed by atoms with Crippen molar-refractivity contribution in [2.24, 2.45) is 0 Å². The number of fused-ring (bicyclic) bond motifs is 1. The van der Waals surface area contributed by atoms with E-state index in [0.29, 0.717) is 6.42 Å². The lowest BCUT2D eigenvalue weighted by molar-refractivity contribution is 0.0526.